The first-order valence-electron chi connectivity index (χ1n) is 6.46. The van der Waals surface area contributed by atoms with Crippen molar-refractivity contribution in [1.82, 2.24) is 4.90 Å². The van der Waals surface area contributed by atoms with Gasteiger partial charge in [-0.1, -0.05) is 19.8 Å². The first kappa shape index (κ1) is 14.5. The zero-order valence-electron chi connectivity index (χ0n) is 11.4. The predicted octanol–water partition coefficient (Wildman–Crippen LogP) is 1.56. The second-order valence-corrected chi connectivity index (χ2v) is 5.12. The molecule has 0 aromatic rings. The van der Waals surface area contributed by atoms with Crippen LogP contribution in [0.25, 0.3) is 0 Å². The number of methoxy groups -OCH3 is 1. The SMILES string of the molecule is CCC(C)(OC)C(=O)N(C)C1CCCCC1O. The van der Waals surface area contributed by atoms with E-state index >= 15 is 0 Å². The quantitative estimate of drug-likeness (QED) is 0.815. The number of carbonyl (C=O) groups is 1. The Morgan fingerprint density at radius 3 is 2.53 bits per heavy atom. The Kier molecular flexibility index (Phi) is 4.95. The van der Waals surface area contributed by atoms with Crippen molar-refractivity contribution in [1.29, 1.82) is 0 Å². The van der Waals surface area contributed by atoms with Gasteiger partial charge in [-0.25, -0.2) is 0 Å². The van der Waals surface area contributed by atoms with Crippen molar-refractivity contribution >= 4 is 5.91 Å². The average molecular weight is 243 g/mol. The third kappa shape index (κ3) is 2.99. The molecular weight excluding hydrogens is 218 g/mol. The molecule has 4 nitrogen and oxygen atoms in total. The molecule has 100 valence electrons. The molecule has 0 heterocycles. The molecule has 0 radical (unpaired) electrons. The minimum absolute atomic E-state index is 0.0338. The molecule has 3 atom stereocenters. The zero-order chi connectivity index (χ0) is 13.1. The highest BCUT2D eigenvalue weighted by molar-refractivity contribution is 5.84. The number of hydrogen-bond acceptors (Lipinski definition) is 3. The fraction of sp³-hybridized carbons (Fsp3) is 0.923. The van der Waals surface area contributed by atoms with Crippen LogP contribution >= 0.6 is 0 Å². The van der Waals surface area contributed by atoms with Gasteiger partial charge in [-0.05, 0) is 26.2 Å². The number of carbonyl (C=O) groups excluding carboxylic acids is 1. The maximum Gasteiger partial charge on any atom is 0.254 e. The summed E-state index contributed by atoms with van der Waals surface area (Å²) >= 11 is 0. The van der Waals surface area contributed by atoms with Gasteiger partial charge in [0, 0.05) is 14.2 Å². The molecular formula is C13H25NO3. The molecule has 1 amide bonds. The molecule has 3 unspecified atom stereocenters. The summed E-state index contributed by atoms with van der Waals surface area (Å²) in [5.41, 5.74) is -0.772. The molecule has 0 saturated heterocycles. The summed E-state index contributed by atoms with van der Waals surface area (Å²) in [6, 6.07) is -0.0581. The second-order valence-electron chi connectivity index (χ2n) is 5.12. The number of rotatable bonds is 4. The fourth-order valence-electron chi connectivity index (χ4n) is 2.45. The Bertz CT molecular complexity index is 263. The van der Waals surface area contributed by atoms with E-state index in [1.165, 1.54) is 0 Å². The highest BCUT2D eigenvalue weighted by atomic mass is 16.5. The first-order valence-corrected chi connectivity index (χ1v) is 6.46. The molecule has 1 N–H and O–H groups in total. The number of likely N-dealkylation sites (N-methyl/N-ethyl adjacent to an activating group) is 1. The minimum atomic E-state index is -0.772. The summed E-state index contributed by atoms with van der Waals surface area (Å²) in [6.45, 7) is 3.74. The van der Waals surface area contributed by atoms with Gasteiger partial charge in [0.25, 0.3) is 5.91 Å². The van der Waals surface area contributed by atoms with Crippen LogP contribution < -0.4 is 0 Å². The molecule has 1 rings (SSSR count). The van der Waals surface area contributed by atoms with Gasteiger partial charge in [0.15, 0.2) is 0 Å². The largest absolute Gasteiger partial charge is 0.391 e. The van der Waals surface area contributed by atoms with Gasteiger partial charge in [0.1, 0.15) is 5.60 Å². The van der Waals surface area contributed by atoms with Crippen molar-refractivity contribution in [2.24, 2.45) is 0 Å². The molecule has 0 bridgehead atoms. The Morgan fingerprint density at radius 2 is 2.06 bits per heavy atom. The standard InChI is InChI=1S/C13H25NO3/c1-5-13(2,17-4)12(16)14(3)10-8-6-7-9-11(10)15/h10-11,15H,5-9H2,1-4H3. The summed E-state index contributed by atoms with van der Waals surface area (Å²) in [6.07, 6.45) is 4.04. The summed E-state index contributed by atoms with van der Waals surface area (Å²) in [7, 11) is 3.33. The van der Waals surface area contributed by atoms with Crippen molar-refractivity contribution in [3.05, 3.63) is 0 Å². The van der Waals surface area contributed by atoms with Gasteiger partial charge in [-0.2, -0.15) is 0 Å². The van der Waals surface area contributed by atoms with Crippen LogP contribution in [0.1, 0.15) is 46.0 Å². The van der Waals surface area contributed by atoms with Crippen LogP contribution in [0.2, 0.25) is 0 Å². The second kappa shape index (κ2) is 5.83. The molecule has 0 aliphatic heterocycles. The highest BCUT2D eigenvalue weighted by Gasteiger charge is 2.38. The number of hydrogen-bond donors (Lipinski definition) is 1. The predicted molar refractivity (Wildman–Crippen MR) is 66.7 cm³/mol. The lowest BCUT2D eigenvalue weighted by atomic mass is 9.90. The lowest BCUT2D eigenvalue weighted by Gasteiger charge is -2.39. The van der Waals surface area contributed by atoms with E-state index < -0.39 is 11.7 Å². The van der Waals surface area contributed by atoms with Gasteiger partial charge in [-0.15, -0.1) is 0 Å². The molecule has 0 aromatic heterocycles. The highest BCUT2D eigenvalue weighted by Crippen LogP contribution is 2.26. The summed E-state index contributed by atoms with van der Waals surface area (Å²) < 4.78 is 5.32. The van der Waals surface area contributed by atoms with E-state index in [2.05, 4.69) is 0 Å². The average Bonchev–Trinajstić information content (AvgIpc) is 2.36. The Balaban J connectivity index is 2.74. The van der Waals surface area contributed by atoms with Crippen LogP contribution in [0.4, 0.5) is 0 Å². The van der Waals surface area contributed by atoms with Crippen LogP contribution in [-0.2, 0) is 9.53 Å². The van der Waals surface area contributed by atoms with Gasteiger partial charge < -0.3 is 14.7 Å². The van der Waals surface area contributed by atoms with Crippen molar-refractivity contribution in [3.8, 4) is 0 Å². The number of aliphatic hydroxyl groups excluding tert-OH is 1. The van der Waals surface area contributed by atoms with Crippen LogP contribution in [0, 0.1) is 0 Å². The Labute approximate surface area is 104 Å². The summed E-state index contributed by atoms with van der Waals surface area (Å²) in [5, 5.41) is 9.96. The Morgan fingerprint density at radius 1 is 1.47 bits per heavy atom. The number of nitrogens with zero attached hydrogens (tertiary/aromatic N) is 1. The molecule has 4 heteroatoms. The lowest BCUT2D eigenvalue weighted by molar-refractivity contribution is -0.157. The third-order valence-electron chi connectivity index (χ3n) is 4.09. The normalized spacial score (nSPS) is 28.5. The number of amides is 1. The zero-order valence-corrected chi connectivity index (χ0v) is 11.4. The van der Waals surface area contributed by atoms with E-state index in [-0.39, 0.29) is 11.9 Å². The van der Waals surface area contributed by atoms with E-state index in [1.54, 1.807) is 26.0 Å². The van der Waals surface area contributed by atoms with E-state index in [4.69, 9.17) is 4.74 Å². The molecule has 1 fully saturated rings. The number of aliphatic hydroxyl groups is 1. The van der Waals surface area contributed by atoms with E-state index in [9.17, 15) is 9.90 Å². The Hall–Kier alpha value is -0.610. The van der Waals surface area contributed by atoms with Crippen molar-refractivity contribution in [2.75, 3.05) is 14.2 Å². The molecule has 1 saturated carbocycles. The van der Waals surface area contributed by atoms with Gasteiger partial charge in [-0.3, -0.25) is 4.79 Å². The van der Waals surface area contributed by atoms with Crippen LogP contribution in [0.3, 0.4) is 0 Å². The third-order valence-corrected chi connectivity index (χ3v) is 4.09. The maximum absolute atomic E-state index is 12.4. The topological polar surface area (TPSA) is 49.8 Å². The molecule has 0 aromatic carbocycles. The first-order chi connectivity index (χ1) is 7.96. The fourth-order valence-corrected chi connectivity index (χ4v) is 2.45. The minimum Gasteiger partial charge on any atom is -0.391 e. The van der Waals surface area contributed by atoms with Crippen molar-refractivity contribution in [2.45, 2.75) is 63.7 Å². The lowest BCUT2D eigenvalue weighted by Crippen LogP contribution is -2.54. The van der Waals surface area contributed by atoms with E-state index in [0.717, 1.165) is 25.7 Å². The van der Waals surface area contributed by atoms with Crippen molar-refractivity contribution in [3.63, 3.8) is 0 Å². The molecule has 1 aliphatic rings. The molecule has 17 heavy (non-hydrogen) atoms. The van der Waals surface area contributed by atoms with Crippen LogP contribution in [0.5, 0.6) is 0 Å². The summed E-state index contributed by atoms with van der Waals surface area (Å²) in [5.74, 6) is -0.0338. The van der Waals surface area contributed by atoms with Gasteiger partial charge in [0.2, 0.25) is 0 Å². The van der Waals surface area contributed by atoms with Crippen molar-refractivity contribution < 1.29 is 14.6 Å². The van der Waals surface area contributed by atoms with Crippen LogP contribution in [-0.4, -0.2) is 47.8 Å². The van der Waals surface area contributed by atoms with Crippen LogP contribution in [0.15, 0.2) is 0 Å². The summed E-state index contributed by atoms with van der Waals surface area (Å²) in [4.78, 5) is 14.0. The maximum atomic E-state index is 12.4. The monoisotopic (exact) mass is 243 g/mol. The number of ether oxygens (including phenoxy) is 1. The van der Waals surface area contributed by atoms with Gasteiger partial charge in [0.05, 0.1) is 12.1 Å². The molecule has 1 aliphatic carbocycles. The molecule has 0 spiro atoms. The van der Waals surface area contributed by atoms with E-state index in [0.29, 0.717) is 6.42 Å². The smallest absolute Gasteiger partial charge is 0.254 e. The van der Waals surface area contributed by atoms with E-state index in [1.807, 2.05) is 6.92 Å². The van der Waals surface area contributed by atoms with Gasteiger partial charge >= 0.3 is 0 Å².